The Kier molecular flexibility index (Phi) is 4.97. The standard InChI is InChI=1S/C22H20F2N4O3/c23-15-1-2-16(18(24)11-15)21(29)28-12-17(22(13-28)5-9-30-10-6-22)20-27-26-19(31-20)14-3-7-25-8-4-14/h1-4,7-8,11,17H,5-6,9-10,12-13H2. The smallest absolute Gasteiger partial charge is 0.256 e. The number of pyridine rings is 1. The van der Waals surface area contributed by atoms with Crippen LogP contribution in [-0.2, 0) is 4.74 Å². The Morgan fingerprint density at radius 2 is 1.87 bits per heavy atom. The molecule has 1 aromatic carbocycles. The molecule has 9 heteroatoms. The van der Waals surface area contributed by atoms with E-state index in [1.54, 1.807) is 29.4 Å². The maximum atomic E-state index is 14.2. The third kappa shape index (κ3) is 3.59. The Hall–Kier alpha value is -3.20. The zero-order chi connectivity index (χ0) is 21.4. The highest BCUT2D eigenvalue weighted by atomic mass is 19.1. The number of ether oxygens (including phenoxy) is 1. The van der Waals surface area contributed by atoms with Crippen molar-refractivity contribution in [2.24, 2.45) is 5.41 Å². The summed E-state index contributed by atoms with van der Waals surface area (Å²) >= 11 is 0. The number of aromatic nitrogens is 3. The normalized spacial score (nSPS) is 20.3. The maximum absolute atomic E-state index is 14.2. The lowest BCUT2D eigenvalue weighted by Gasteiger charge is -2.36. The summed E-state index contributed by atoms with van der Waals surface area (Å²) in [5.41, 5.74) is 0.313. The number of benzene rings is 1. The van der Waals surface area contributed by atoms with Gasteiger partial charge >= 0.3 is 0 Å². The van der Waals surface area contributed by atoms with Crippen molar-refractivity contribution in [3.63, 3.8) is 0 Å². The number of carbonyl (C=O) groups is 1. The van der Waals surface area contributed by atoms with Gasteiger partial charge in [0.2, 0.25) is 11.8 Å². The molecule has 7 nitrogen and oxygen atoms in total. The number of amides is 1. The van der Waals surface area contributed by atoms with E-state index in [0.717, 1.165) is 30.5 Å². The van der Waals surface area contributed by atoms with Gasteiger partial charge in [-0.15, -0.1) is 10.2 Å². The number of nitrogens with zero attached hydrogens (tertiary/aromatic N) is 4. The van der Waals surface area contributed by atoms with Crippen molar-refractivity contribution in [1.29, 1.82) is 0 Å². The topological polar surface area (TPSA) is 81.4 Å². The molecule has 31 heavy (non-hydrogen) atoms. The lowest BCUT2D eigenvalue weighted by Crippen LogP contribution is -2.37. The predicted octanol–water partition coefficient (Wildman–Crippen LogP) is 3.45. The molecule has 1 unspecified atom stereocenters. The first-order chi connectivity index (χ1) is 15.1. The van der Waals surface area contributed by atoms with Gasteiger partial charge in [0.25, 0.3) is 5.91 Å². The van der Waals surface area contributed by atoms with E-state index in [1.807, 2.05) is 0 Å². The van der Waals surface area contributed by atoms with Gasteiger partial charge in [0, 0.05) is 55.7 Å². The summed E-state index contributed by atoms with van der Waals surface area (Å²) < 4.78 is 39.1. The third-order valence-corrected chi connectivity index (χ3v) is 6.25. The monoisotopic (exact) mass is 426 g/mol. The first kappa shape index (κ1) is 19.7. The zero-order valence-electron chi connectivity index (χ0n) is 16.6. The second-order valence-electron chi connectivity index (χ2n) is 8.02. The van der Waals surface area contributed by atoms with Crippen LogP contribution in [0.1, 0.15) is 35.0 Å². The van der Waals surface area contributed by atoms with Gasteiger partial charge in [-0.2, -0.15) is 0 Å². The van der Waals surface area contributed by atoms with Crippen molar-refractivity contribution in [3.8, 4) is 11.5 Å². The number of hydrogen-bond donors (Lipinski definition) is 0. The quantitative estimate of drug-likeness (QED) is 0.638. The van der Waals surface area contributed by atoms with Crippen LogP contribution in [0.4, 0.5) is 8.78 Å². The summed E-state index contributed by atoms with van der Waals surface area (Å²) in [5.74, 6) is -1.43. The molecular formula is C22H20F2N4O3. The van der Waals surface area contributed by atoms with Crippen LogP contribution in [0.15, 0.2) is 47.1 Å². The lowest BCUT2D eigenvalue weighted by molar-refractivity contribution is 0.00905. The fourth-order valence-corrected chi connectivity index (χ4v) is 4.57. The number of hydrogen-bond acceptors (Lipinski definition) is 6. The molecule has 4 heterocycles. The van der Waals surface area contributed by atoms with E-state index in [1.165, 1.54) is 6.07 Å². The zero-order valence-corrected chi connectivity index (χ0v) is 16.6. The molecule has 5 rings (SSSR count). The number of carbonyl (C=O) groups excluding carboxylic acids is 1. The van der Waals surface area contributed by atoms with Gasteiger partial charge in [-0.05, 0) is 37.1 Å². The predicted molar refractivity (Wildman–Crippen MR) is 105 cm³/mol. The van der Waals surface area contributed by atoms with E-state index in [4.69, 9.17) is 9.15 Å². The second kappa shape index (κ2) is 7.81. The van der Waals surface area contributed by atoms with Crippen LogP contribution in [0.5, 0.6) is 0 Å². The van der Waals surface area contributed by atoms with Gasteiger partial charge in [0.15, 0.2) is 0 Å². The Labute approximate surface area is 177 Å². The van der Waals surface area contributed by atoms with Crippen LogP contribution >= 0.6 is 0 Å². The Balaban J connectivity index is 1.46. The van der Waals surface area contributed by atoms with Crippen LogP contribution in [0.3, 0.4) is 0 Å². The summed E-state index contributed by atoms with van der Waals surface area (Å²) in [5, 5.41) is 8.46. The molecular weight excluding hydrogens is 406 g/mol. The van der Waals surface area contributed by atoms with E-state index in [-0.39, 0.29) is 16.9 Å². The Morgan fingerprint density at radius 3 is 2.61 bits per heavy atom. The van der Waals surface area contributed by atoms with Gasteiger partial charge in [-0.3, -0.25) is 9.78 Å². The van der Waals surface area contributed by atoms with Gasteiger partial charge in [-0.1, -0.05) is 0 Å². The highest BCUT2D eigenvalue weighted by Gasteiger charge is 2.51. The molecule has 160 valence electrons. The van der Waals surface area contributed by atoms with E-state index < -0.39 is 17.5 Å². The van der Waals surface area contributed by atoms with Crippen molar-refractivity contribution in [1.82, 2.24) is 20.1 Å². The van der Waals surface area contributed by atoms with Crippen LogP contribution in [0, 0.1) is 17.0 Å². The van der Waals surface area contributed by atoms with Crippen LogP contribution in [0.25, 0.3) is 11.5 Å². The fourth-order valence-electron chi connectivity index (χ4n) is 4.57. The molecule has 2 saturated heterocycles. The van der Waals surface area contributed by atoms with Gasteiger partial charge in [0.05, 0.1) is 11.5 Å². The van der Waals surface area contributed by atoms with E-state index >= 15 is 0 Å². The molecule has 1 amide bonds. The molecule has 2 fully saturated rings. The van der Waals surface area contributed by atoms with Gasteiger partial charge in [-0.25, -0.2) is 8.78 Å². The van der Waals surface area contributed by atoms with E-state index in [2.05, 4.69) is 15.2 Å². The molecule has 0 saturated carbocycles. The van der Waals surface area contributed by atoms with Crippen LogP contribution < -0.4 is 0 Å². The minimum absolute atomic E-state index is 0.146. The Morgan fingerprint density at radius 1 is 1.10 bits per heavy atom. The highest BCUT2D eigenvalue weighted by Crippen LogP contribution is 2.49. The van der Waals surface area contributed by atoms with Gasteiger partial charge < -0.3 is 14.1 Å². The minimum atomic E-state index is -0.868. The Bertz CT molecular complexity index is 1100. The molecule has 2 aliphatic rings. The van der Waals surface area contributed by atoms with Crippen molar-refractivity contribution in [2.75, 3.05) is 26.3 Å². The average Bonchev–Trinajstić information content (AvgIpc) is 3.40. The number of rotatable bonds is 3. The van der Waals surface area contributed by atoms with Crippen molar-refractivity contribution in [3.05, 3.63) is 65.8 Å². The van der Waals surface area contributed by atoms with Gasteiger partial charge in [0.1, 0.15) is 11.6 Å². The maximum Gasteiger partial charge on any atom is 0.256 e. The molecule has 0 N–H and O–H groups in total. The summed E-state index contributed by atoms with van der Waals surface area (Å²) in [4.78, 5) is 18.7. The molecule has 0 radical (unpaired) electrons. The highest BCUT2D eigenvalue weighted by molar-refractivity contribution is 5.94. The minimum Gasteiger partial charge on any atom is -0.420 e. The van der Waals surface area contributed by atoms with Crippen LogP contribution in [-0.4, -0.2) is 52.3 Å². The molecule has 2 aliphatic heterocycles. The SMILES string of the molecule is O=C(c1ccc(F)cc1F)N1CC(c2nnc(-c3ccncc3)o2)C2(CCOCC2)C1. The lowest BCUT2D eigenvalue weighted by atomic mass is 9.72. The average molecular weight is 426 g/mol. The first-order valence-electron chi connectivity index (χ1n) is 10.1. The van der Waals surface area contributed by atoms with E-state index in [9.17, 15) is 13.6 Å². The van der Waals surface area contributed by atoms with E-state index in [0.29, 0.717) is 38.1 Å². The summed E-state index contributed by atoms with van der Waals surface area (Å²) in [6, 6.07) is 6.56. The molecule has 3 aromatic rings. The molecule has 2 aromatic heterocycles. The summed E-state index contributed by atoms with van der Waals surface area (Å²) in [6.45, 7) is 1.86. The number of halogens is 2. The van der Waals surface area contributed by atoms with Crippen LogP contribution in [0.2, 0.25) is 0 Å². The largest absolute Gasteiger partial charge is 0.420 e. The molecule has 0 aliphatic carbocycles. The van der Waals surface area contributed by atoms with Crippen molar-refractivity contribution in [2.45, 2.75) is 18.8 Å². The molecule has 1 spiro atoms. The van der Waals surface area contributed by atoms with Crippen molar-refractivity contribution >= 4 is 5.91 Å². The second-order valence-corrected chi connectivity index (χ2v) is 8.02. The molecule has 1 atom stereocenters. The molecule has 0 bridgehead atoms. The number of likely N-dealkylation sites (tertiary alicyclic amines) is 1. The first-order valence-corrected chi connectivity index (χ1v) is 10.1. The summed E-state index contributed by atoms with van der Waals surface area (Å²) in [7, 11) is 0. The van der Waals surface area contributed by atoms with Crippen molar-refractivity contribution < 1.29 is 22.7 Å². The third-order valence-electron chi connectivity index (χ3n) is 6.25. The fraction of sp³-hybridized carbons (Fsp3) is 0.364. The summed E-state index contributed by atoms with van der Waals surface area (Å²) in [6.07, 6.45) is 4.74.